The van der Waals surface area contributed by atoms with Crippen molar-refractivity contribution in [3.63, 3.8) is 0 Å². The molecular weight excluding hydrogens is 367 g/mol. The Morgan fingerprint density at radius 1 is 1.21 bits per heavy atom. The van der Waals surface area contributed by atoms with Gasteiger partial charge in [-0.15, -0.1) is 0 Å². The minimum atomic E-state index is -0.576. The van der Waals surface area contributed by atoms with E-state index in [0.29, 0.717) is 25.9 Å². The first-order valence-electron chi connectivity index (χ1n) is 8.92. The molecule has 0 saturated carbocycles. The molecule has 0 atom stereocenters. The highest BCUT2D eigenvalue weighted by Crippen LogP contribution is 2.33. The fourth-order valence-electron chi connectivity index (χ4n) is 2.63. The molecule has 154 valence electrons. The molecule has 1 amide bonds. The van der Waals surface area contributed by atoms with E-state index in [1.807, 2.05) is 20.8 Å². The normalized spacial score (nSPS) is 15.9. The van der Waals surface area contributed by atoms with Crippen molar-refractivity contribution in [1.82, 2.24) is 4.90 Å². The number of nitrogens with zero attached hydrogens (tertiary/aromatic N) is 3. The first-order valence-corrected chi connectivity index (χ1v) is 8.92. The smallest absolute Gasteiger partial charge is 0.410 e. The van der Waals surface area contributed by atoms with Gasteiger partial charge in [0.05, 0.1) is 0 Å². The molecule has 1 aromatic carbocycles. The highest BCUT2D eigenvalue weighted by molar-refractivity contribution is 5.93. The Labute approximate surface area is 163 Å². The molecule has 1 fully saturated rings. The molecule has 2 rings (SSSR count). The summed E-state index contributed by atoms with van der Waals surface area (Å²) in [5.74, 6) is -1.08. The average molecular weight is 394 g/mol. The van der Waals surface area contributed by atoms with Crippen molar-refractivity contribution in [2.24, 2.45) is 27.2 Å². The molecule has 0 aromatic heterocycles. The monoisotopic (exact) mass is 394 g/mol. The van der Waals surface area contributed by atoms with Crippen LogP contribution >= 0.6 is 0 Å². The van der Waals surface area contributed by atoms with Gasteiger partial charge >= 0.3 is 6.09 Å². The Balaban J connectivity index is 2.06. The topological polar surface area (TPSA) is 142 Å². The van der Waals surface area contributed by atoms with Crippen molar-refractivity contribution >= 4 is 23.7 Å². The Hall–Kier alpha value is -3.04. The predicted molar refractivity (Wildman–Crippen MR) is 105 cm³/mol. The number of ether oxygens (including phenoxy) is 2. The molecule has 1 aliphatic heterocycles. The van der Waals surface area contributed by atoms with Gasteiger partial charge in [0.2, 0.25) is 5.96 Å². The van der Waals surface area contributed by atoms with Crippen LogP contribution in [-0.4, -0.2) is 47.7 Å². The summed E-state index contributed by atoms with van der Waals surface area (Å²) in [6.45, 7) is 6.34. The quantitative estimate of drug-likeness (QED) is 0.527. The van der Waals surface area contributed by atoms with Crippen LogP contribution in [0, 0.1) is 5.82 Å². The molecule has 0 aliphatic carbocycles. The van der Waals surface area contributed by atoms with E-state index < -0.39 is 11.4 Å². The number of benzene rings is 1. The molecule has 0 spiro atoms. The second-order valence-corrected chi connectivity index (χ2v) is 7.38. The zero-order valence-electron chi connectivity index (χ0n) is 16.3. The Kier molecular flexibility index (Phi) is 6.66. The van der Waals surface area contributed by atoms with Crippen LogP contribution in [0.15, 0.2) is 28.2 Å². The highest BCUT2D eigenvalue weighted by Gasteiger charge is 2.28. The maximum atomic E-state index is 14.3. The first-order chi connectivity index (χ1) is 13.0. The number of guanidine groups is 2. The van der Waals surface area contributed by atoms with Gasteiger partial charge in [0.15, 0.2) is 17.5 Å². The van der Waals surface area contributed by atoms with E-state index in [0.717, 1.165) is 0 Å². The largest absolute Gasteiger partial charge is 0.485 e. The van der Waals surface area contributed by atoms with Crippen LogP contribution in [0.5, 0.6) is 5.75 Å². The Morgan fingerprint density at radius 2 is 1.86 bits per heavy atom. The number of hydrogen-bond acceptors (Lipinski definition) is 4. The summed E-state index contributed by atoms with van der Waals surface area (Å²) in [6, 6.07) is 4.29. The lowest BCUT2D eigenvalue weighted by atomic mass is 10.1. The molecule has 1 heterocycles. The number of nitrogens with two attached hydrogens (primary N) is 3. The summed E-state index contributed by atoms with van der Waals surface area (Å²) in [7, 11) is 0. The highest BCUT2D eigenvalue weighted by atomic mass is 19.1. The van der Waals surface area contributed by atoms with Gasteiger partial charge in [-0.05, 0) is 32.9 Å². The third-order valence-electron chi connectivity index (χ3n) is 3.80. The van der Waals surface area contributed by atoms with Gasteiger partial charge in [-0.2, -0.15) is 4.99 Å². The lowest BCUT2D eigenvalue weighted by Gasteiger charge is -2.33. The first kappa shape index (κ1) is 21.3. The number of piperidine rings is 1. The minimum absolute atomic E-state index is 0.0352. The summed E-state index contributed by atoms with van der Waals surface area (Å²) in [4.78, 5) is 21.4. The van der Waals surface area contributed by atoms with E-state index in [1.165, 1.54) is 12.1 Å². The summed E-state index contributed by atoms with van der Waals surface area (Å²) in [5, 5.41) is 0. The molecule has 1 aliphatic rings. The fraction of sp³-hybridized carbons (Fsp3) is 0.500. The number of aliphatic imine (C=N–C) groups is 2. The molecule has 28 heavy (non-hydrogen) atoms. The third kappa shape index (κ3) is 6.29. The molecule has 10 heteroatoms. The minimum Gasteiger partial charge on any atom is -0.485 e. The van der Waals surface area contributed by atoms with Crippen LogP contribution in [0.2, 0.25) is 0 Å². The number of carbonyl (C=O) groups excluding carboxylic acids is 1. The Morgan fingerprint density at radius 3 is 2.43 bits per heavy atom. The van der Waals surface area contributed by atoms with Crippen LogP contribution in [-0.2, 0) is 4.74 Å². The zero-order chi connectivity index (χ0) is 20.9. The van der Waals surface area contributed by atoms with Crippen LogP contribution in [0.25, 0.3) is 0 Å². The Bertz CT molecular complexity index is 763. The molecular formula is C18H27FN6O3. The number of amides is 1. The van der Waals surface area contributed by atoms with Crippen molar-refractivity contribution < 1.29 is 18.7 Å². The lowest BCUT2D eigenvalue weighted by Crippen LogP contribution is -2.44. The van der Waals surface area contributed by atoms with Crippen molar-refractivity contribution in [3.8, 4) is 5.75 Å². The van der Waals surface area contributed by atoms with E-state index >= 15 is 0 Å². The maximum absolute atomic E-state index is 14.3. The van der Waals surface area contributed by atoms with Crippen LogP contribution in [0.1, 0.15) is 33.6 Å². The summed E-state index contributed by atoms with van der Waals surface area (Å²) in [6.07, 6.45) is 0.404. The van der Waals surface area contributed by atoms with Crippen LogP contribution < -0.4 is 21.9 Å². The predicted octanol–water partition coefficient (Wildman–Crippen LogP) is 1.82. The molecule has 0 unspecified atom stereocenters. The average Bonchev–Trinajstić information content (AvgIpc) is 2.56. The van der Waals surface area contributed by atoms with Crippen LogP contribution in [0.4, 0.5) is 14.9 Å². The van der Waals surface area contributed by atoms with E-state index in [2.05, 4.69) is 9.98 Å². The van der Waals surface area contributed by atoms with Gasteiger partial charge in [-0.3, -0.25) is 0 Å². The van der Waals surface area contributed by atoms with E-state index in [4.69, 9.17) is 26.7 Å². The number of carbonyl (C=O) groups is 1. The van der Waals surface area contributed by atoms with Crippen LogP contribution in [0.3, 0.4) is 0 Å². The molecule has 0 bridgehead atoms. The second kappa shape index (κ2) is 8.77. The van der Waals surface area contributed by atoms with Crippen molar-refractivity contribution in [2.45, 2.75) is 45.3 Å². The van der Waals surface area contributed by atoms with Gasteiger partial charge in [-0.1, -0.05) is 6.07 Å². The number of para-hydroxylation sites is 1. The summed E-state index contributed by atoms with van der Waals surface area (Å²) in [5.41, 5.74) is 15.8. The fourth-order valence-corrected chi connectivity index (χ4v) is 2.63. The lowest BCUT2D eigenvalue weighted by molar-refractivity contribution is 0.0124. The number of halogens is 1. The zero-order valence-corrected chi connectivity index (χ0v) is 16.3. The number of rotatable bonds is 3. The standard InChI is InChI=1S/C18H27FN6O3/c1-18(2,3)28-17(26)25-9-7-11(8-10-25)27-14-12(19)5-4-6-13(14)23-16(22)24-15(20)21/h4-6,11H,7-10H2,1-3H3,(H6,20,21,22,23,24). The van der Waals surface area contributed by atoms with Crippen molar-refractivity contribution in [3.05, 3.63) is 24.0 Å². The number of likely N-dealkylation sites (tertiary alicyclic amines) is 1. The van der Waals surface area contributed by atoms with E-state index in [-0.39, 0.29) is 35.6 Å². The summed E-state index contributed by atoms with van der Waals surface area (Å²) >= 11 is 0. The van der Waals surface area contributed by atoms with E-state index in [9.17, 15) is 9.18 Å². The van der Waals surface area contributed by atoms with Gasteiger partial charge in [0.25, 0.3) is 0 Å². The second-order valence-electron chi connectivity index (χ2n) is 7.38. The molecule has 6 N–H and O–H groups in total. The SMILES string of the molecule is CC(C)(C)OC(=O)N1CCC(Oc2c(F)cccc2N=C(N)N=C(N)N)CC1. The van der Waals surface area contributed by atoms with E-state index in [1.54, 1.807) is 11.0 Å². The van der Waals surface area contributed by atoms with Gasteiger partial charge in [0.1, 0.15) is 17.4 Å². The van der Waals surface area contributed by atoms with Gasteiger partial charge in [0, 0.05) is 25.9 Å². The molecule has 1 aromatic rings. The van der Waals surface area contributed by atoms with Crippen molar-refractivity contribution in [2.75, 3.05) is 13.1 Å². The molecule has 0 radical (unpaired) electrons. The molecule has 9 nitrogen and oxygen atoms in total. The number of hydrogen-bond donors (Lipinski definition) is 3. The molecule has 1 saturated heterocycles. The summed E-state index contributed by atoms with van der Waals surface area (Å²) < 4.78 is 25.5. The van der Waals surface area contributed by atoms with Crippen molar-refractivity contribution in [1.29, 1.82) is 0 Å². The van der Waals surface area contributed by atoms with Gasteiger partial charge < -0.3 is 31.6 Å². The maximum Gasteiger partial charge on any atom is 0.410 e. The van der Waals surface area contributed by atoms with Gasteiger partial charge in [-0.25, -0.2) is 14.2 Å². The third-order valence-corrected chi connectivity index (χ3v) is 3.80.